The molecule has 0 aromatic carbocycles. The van der Waals surface area contributed by atoms with Crippen molar-refractivity contribution in [3.63, 3.8) is 0 Å². The van der Waals surface area contributed by atoms with Crippen LogP contribution in [0.25, 0.3) is 0 Å². The number of carbonyl (C=O) groups excluding carboxylic acids is 2. The molecule has 1 N–H and O–H groups in total. The maximum Gasteiger partial charge on any atom is 0.328 e. The van der Waals surface area contributed by atoms with E-state index in [1.54, 1.807) is 0 Å². The van der Waals surface area contributed by atoms with Crippen LogP contribution in [0.3, 0.4) is 0 Å². The summed E-state index contributed by atoms with van der Waals surface area (Å²) in [5.41, 5.74) is 2.16. The fourth-order valence-electron chi connectivity index (χ4n) is 2.49. The zero-order valence-electron chi connectivity index (χ0n) is 12.2. The molecule has 0 fully saturated rings. The molecule has 0 aromatic heterocycles. The number of ether oxygens (including phenoxy) is 1. The summed E-state index contributed by atoms with van der Waals surface area (Å²) in [5, 5.41) is 2.65. The first-order valence-electron chi connectivity index (χ1n) is 6.89. The van der Waals surface area contributed by atoms with Crippen molar-refractivity contribution in [2.24, 2.45) is 5.92 Å². The van der Waals surface area contributed by atoms with Crippen LogP contribution in [0.2, 0.25) is 0 Å². The highest BCUT2D eigenvalue weighted by Gasteiger charge is 2.23. The maximum atomic E-state index is 11.8. The number of methoxy groups -OCH3 is 1. The Morgan fingerprint density at radius 1 is 1.19 bits per heavy atom. The second kappa shape index (κ2) is 6.88. The molecule has 2 atom stereocenters. The van der Waals surface area contributed by atoms with E-state index < -0.39 is 12.0 Å². The van der Waals surface area contributed by atoms with Crippen LogP contribution in [0.4, 0.5) is 0 Å². The number of fused-ring (bicyclic) bond motifs is 1. The molecule has 0 saturated heterocycles. The summed E-state index contributed by atoms with van der Waals surface area (Å²) in [7, 11) is 1.32. The smallest absolute Gasteiger partial charge is 0.328 e. The van der Waals surface area contributed by atoms with E-state index in [4.69, 9.17) is 4.74 Å². The van der Waals surface area contributed by atoms with E-state index in [2.05, 4.69) is 17.5 Å². The SMILES string of the molecule is COC(=O)C(CC1=C2C=CC=CC2C=CC=C1)NC(C)=O. The number of hydrogen-bond donors (Lipinski definition) is 1. The minimum Gasteiger partial charge on any atom is -0.467 e. The zero-order valence-corrected chi connectivity index (χ0v) is 12.2. The van der Waals surface area contributed by atoms with Crippen molar-refractivity contribution >= 4 is 11.9 Å². The van der Waals surface area contributed by atoms with Crippen molar-refractivity contribution in [3.05, 3.63) is 59.8 Å². The number of esters is 1. The highest BCUT2D eigenvalue weighted by Crippen LogP contribution is 2.28. The predicted molar refractivity (Wildman–Crippen MR) is 81.3 cm³/mol. The Kier molecular flexibility index (Phi) is 4.93. The molecule has 2 aliphatic rings. The van der Waals surface area contributed by atoms with Gasteiger partial charge in [-0.2, -0.15) is 0 Å². The molecular formula is C17H19NO3. The molecule has 4 heteroatoms. The molecule has 0 heterocycles. The van der Waals surface area contributed by atoms with Gasteiger partial charge in [0.05, 0.1) is 7.11 Å². The van der Waals surface area contributed by atoms with Gasteiger partial charge in [0, 0.05) is 19.3 Å². The number of nitrogens with one attached hydrogen (secondary N) is 1. The zero-order chi connectivity index (χ0) is 15.2. The van der Waals surface area contributed by atoms with Crippen molar-refractivity contribution in [2.45, 2.75) is 19.4 Å². The Hall–Kier alpha value is -2.36. The first-order valence-corrected chi connectivity index (χ1v) is 6.89. The predicted octanol–water partition coefficient (Wildman–Crippen LogP) is 2.22. The summed E-state index contributed by atoms with van der Waals surface area (Å²) in [6.45, 7) is 1.39. The van der Waals surface area contributed by atoms with Crippen LogP contribution in [0.15, 0.2) is 59.8 Å². The highest BCUT2D eigenvalue weighted by atomic mass is 16.5. The number of rotatable bonds is 4. The lowest BCUT2D eigenvalue weighted by Crippen LogP contribution is -2.40. The summed E-state index contributed by atoms with van der Waals surface area (Å²) in [5.74, 6) is -0.478. The minimum absolute atomic E-state index is 0.204. The third-order valence-corrected chi connectivity index (χ3v) is 3.45. The summed E-state index contributed by atoms with van der Waals surface area (Å²) < 4.78 is 4.77. The van der Waals surface area contributed by atoms with E-state index in [0.29, 0.717) is 6.42 Å². The monoisotopic (exact) mass is 285 g/mol. The van der Waals surface area contributed by atoms with Gasteiger partial charge in [-0.1, -0.05) is 48.6 Å². The van der Waals surface area contributed by atoms with Gasteiger partial charge in [-0.15, -0.1) is 0 Å². The van der Waals surface area contributed by atoms with Crippen molar-refractivity contribution < 1.29 is 14.3 Å². The standard InChI is InChI=1S/C17H19NO3/c1-12(19)18-16(17(20)21-2)11-14-9-4-3-7-13-8-5-6-10-15(13)14/h3-10,13,16H,11H2,1-2H3,(H,18,19). The van der Waals surface area contributed by atoms with E-state index in [1.807, 2.05) is 36.5 Å². The number of allylic oxidation sites excluding steroid dienone is 9. The van der Waals surface area contributed by atoms with Gasteiger partial charge < -0.3 is 10.1 Å². The van der Waals surface area contributed by atoms with Gasteiger partial charge in [0.1, 0.15) is 6.04 Å². The van der Waals surface area contributed by atoms with Gasteiger partial charge in [-0.05, 0) is 11.1 Å². The Morgan fingerprint density at radius 3 is 2.48 bits per heavy atom. The van der Waals surface area contributed by atoms with E-state index in [-0.39, 0.29) is 11.8 Å². The molecule has 2 rings (SSSR count). The molecule has 21 heavy (non-hydrogen) atoms. The third kappa shape index (κ3) is 3.81. The van der Waals surface area contributed by atoms with Crippen LogP contribution >= 0.6 is 0 Å². The fourth-order valence-corrected chi connectivity index (χ4v) is 2.49. The fraction of sp³-hybridized carbons (Fsp3) is 0.294. The first-order chi connectivity index (χ1) is 10.1. The molecule has 2 aliphatic carbocycles. The number of carbonyl (C=O) groups is 2. The molecule has 1 amide bonds. The van der Waals surface area contributed by atoms with Crippen molar-refractivity contribution in [2.75, 3.05) is 7.11 Å². The Balaban J connectivity index is 2.27. The number of hydrogen-bond acceptors (Lipinski definition) is 3. The lowest BCUT2D eigenvalue weighted by Gasteiger charge is -2.20. The summed E-state index contributed by atoms with van der Waals surface area (Å²) in [6.07, 6.45) is 16.6. The van der Waals surface area contributed by atoms with Gasteiger partial charge >= 0.3 is 5.97 Å². The van der Waals surface area contributed by atoms with Crippen LogP contribution in [0.1, 0.15) is 13.3 Å². The van der Waals surface area contributed by atoms with Crippen molar-refractivity contribution in [1.29, 1.82) is 0 Å². The summed E-state index contributed by atoms with van der Waals surface area (Å²) in [4.78, 5) is 23.1. The molecule has 0 aliphatic heterocycles. The molecule has 0 radical (unpaired) electrons. The van der Waals surface area contributed by atoms with Crippen LogP contribution in [0.5, 0.6) is 0 Å². The van der Waals surface area contributed by atoms with Crippen molar-refractivity contribution in [3.8, 4) is 0 Å². The normalized spacial score (nSPS) is 20.8. The summed E-state index contributed by atoms with van der Waals surface area (Å²) in [6, 6.07) is -0.669. The second-order valence-electron chi connectivity index (χ2n) is 4.97. The second-order valence-corrected chi connectivity index (χ2v) is 4.97. The molecule has 0 spiro atoms. The quantitative estimate of drug-likeness (QED) is 0.806. The molecule has 0 aromatic rings. The van der Waals surface area contributed by atoms with Crippen LogP contribution < -0.4 is 5.32 Å². The largest absolute Gasteiger partial charge is 0.467 e. The minimum atomic E-state index is -0.669. The Labute approximate surface area is 124 Å². The molecular weight excluding hydrogens is 266 g/mol. The van der Waals surface area contributed by atoms with Crippen LogP contribution in [-0.4, -0.2) is 25.0 Å². The molecule has 2 unspecified atom stereocenters. The van der Waals surface area contributed by atoms with E-state index in [1.165, 1.54) is 14.0 Å². The lowest BCUT2D eigenvalue weighted by atomic mass is 9.88. The van der Waals surface area contributed by atoms with E-state index in [9.17, 15) is 9.59 Å². The van der Waals surface area contributed by atoms with E-state index >= 15 is 0 Å². The average molecular weight is 285 g/mol. The Morgan fingerprint density at radius 2 is 1.86 bits per heavy atom. The molecule has 110 valence electrons. The van der Waals surface area contributed by atoms with Gasteiger partial charge in [0.15, 0.2) is 0 Å². The van der Waals surface area contributed by atoms with Crippen LogP contribution in [0, 0.1) is 5.92 Å². The average Bonchev–Trinajstić information content (AvgIpc) is 2.68. The number of amides is 1. The molecule has 0 saturated carbocycles. The molecule has 0 bridgehead atoms. The molecule has 4 nitrogen and oxygen atoms in total. The first kappa shape index (κ1) is 15.0. The van der Waals surface area contributed by atoms with Crippen LogP contribution in [-0.2, 0) is 14.3 Å². The Bertz CT molecular complexity index is 579. The lowest BCUT2D eigenvalue weighted by molar-refractivity contribution is -0.144. The maximum absolute atomic E-state index is 11.8. The third-order valence-electron chi connectivity index (χ3n) is 3.45. The van der Waals surface area contributed by atoms with Gasteiger partial charge in [0.25, 0.3) is 0 Å². The van der Waals surface area contributed by atoms with E-state index in [0.717, 1.165) is 11.1 Å². The van der Waals surface area contributed by atoms with Crippen molar-refractivity contribution in [1.82, 2.24) is 5.32 Å². The van der Waals surface area contributed by atoms with Gasteiger partial charge in [-0.25, -0.2) is 4.79 Å². The highest BCUT2D eigenvalue weighted by molar-refractivity contribution is 5.83. The van der Waals surface area contributed by atoms with Gasteiger partial charge in [0.2, 0.25) is 5.91 Å². The van der Waals surface area contributed by atoms with Gasteiger partial charge in [-0.3, -0.25) is 4.79 Å². The topological polar surface area (TPSA) is 55.4 Å². The summed E-state index contributed by atoms with van der Waals surface area (Å²) >= 11 is 0.